The minimum atomic E-state index is 0.584. The molecule has 0 bridgehead atoms. The molecule has 0 aliphatic rings. The van der Waals surface area contributed by atoms with Gasteiger partial charge in [-0.15, -0.1) is 0 Å². The van der Waals surface area contributed by atoms with E-state index in [0.29, 0.717) is 18.0 Å². The van der Waals surface area contributed by atoms with E-state index in [2.05, 4.69) is 63.8 Å². The average molecular weight is 257 g/mol. The molecule has 18 heavy (non-hydrogen) atoms. The first-order chi connectivity index (χ1) is 8.38. The summed E-state index contributed by atoms with van der Waals surface area (Å²) in [7, 11) is 4.30. The van der Waals surface area contributed by atoms with E-state index in [9.17, 15) is 0 Å². The Hall–Kier alpha value is -0.120. The predicted octanol–water partition coefficient (Wildman–Crippen LogP) is 2.28. The molecule has 0 radical (unpaired) electrons. The van der Waals surface area contributed by atoms with Gasteiger partial charge in [-0.2, -0.15) is 0 Å². The van der Waals surface area contributed by atoms with E-state index in [0.717, 1.165) is 13.1 Å². The molecular weight excluding hydrogens is 222 g/mol. The maximum Gasteiger partial charge on any atom is 0.0112 e. The molecule has 0 rings (SSSR count). The fraction of sp³-hybridized carbons (Fsp3) is 1.00. The minimum absolute atomic E-state index is 0.584. The van der Waals surface area contributed by atoms with E-state index in [4.69, 9.17) is 0 Å². The van der Waals surface area contributed by atoms with Gasteiger partial charge in [-0.25, -0.2) is 0 Å². The molecule has 0 saturated heterocycles. The first-order valence-electron chi connectivity index (χ1n) is 7.50. The lowest BCUT2D eigenvalue weighted by Gasteiger charge is -2.34. The van der Waals surface area contributed by atoms with Gasteiger partial charge in [0.05, 0.1) is 0 Å². The monoisotopic (exact) mass is 257 g/mol. The van der Waals surface area contributed by atoms with Gasteiger partial charge in [0.15, 0.2) is 0 Å². The van der Waals surface area contributed by atoms with Crippen LogP contribution in [0, 0.1) is 5.92 Å². The zero-order chi connectivity index (χ0) is 14.1. The van der Waals surface area contributed by atoms with Crippen LogP contribution in [0.4, 0.5) is 0 Å². The molecule has 0 spiro atoms. The van der Waals surface area contributed by atoms with Gasteiger partial charge in [0.1, 0.15) is 0 Å². The van der Waals surface area contributed by atoms with E-state index in [1.807, 2.05) is 0 Å². The Labute approximate surface area is 115 Å². The van der Waals surface area contributed by atoms with Gasteiger partial charge in [0.25, 0.3) is 0 Å². The number of nitrogens with zero attached hydrogens (tertiary/aromatic N) is 2. The van der Waals surface area contributed by atoms with E-state index in [1.165, 1.54) is 19.5 Å². The summed E-state index contributed by atoms with van der Waals surface area (Å²) in [5.74, 6) is 0.695. The first-order valence-corrected chi connectivity index (χ1v) is 7.50. The van der Waals surface area contributed by atoms with Gasteiger partial charge >= 0.3 is 0 Å². The van der Waals surface area contributed by atoms with Crippen molar-refractivity contribution in [3.8, 4) is 0 Å². The fourth-order valence-electron chi connectivity index (χ4n) is 2.09. The molecular formula is C15H35N3. The van der Waals surface area contributed by atoms with Crippen molar-refractivity contribution in [1.29, 1.82) is 0 Å². The van der Waals surface area contributed by atoms with E-state index in [-0.39, 0.29) is 0 Å². The second-order valence-electron chi connectivity index (χ2n) is 6.12. The van der Waals surface area contributed by atoms with Crippen molar-refractivity contribution in [3.05, 3.63) is 0 Å². The molecule has 0 saturated carbocycles. The van der Waals surface area contributed by atoms with E-state index in [1.54, 1.807) is 0 Å². The van der Waals surface area contributed by atoms with Gasteiger partial charge in [0, 0.05) is 25.2 Å². The molecule has 3 heteroatoms. The van der Waals surface area contributed by atoms with Gasteiger partial charge in [-0.05, 0) is 46.4 Å². The summed E-state index contributed by atoms with van der Waals surface area (Å²) in [4.78, 5) is 4.90. The largest absolute Gasteiger partial charge is 0.314 e. The van der Waals surface area contributed by atoms with Crippen LogP contribution in [-0.4, -0.2) is 62.2 Å². The maximum absolute atomic E-state index is 3.55. The molecule has 3 nitrogen and oxygen atoms in total. The Bertz CT molecular complexity index is 192. The van der Waals surface area contributed by atoms with Crippen LogP contribution in [0.25, 0.3) is 0 Å². The molecule has 1 N–H and O–H groups in total. The Morgan fingerprint density at radius 2 is 1.56 bits per heavy atom. The van der Waals surface area contributed by atoms with E-state index >= 15 is 0 Å². The summed E-state index contributed by atoms with van der Waals surface area (Å²) in [6.07, 6.45) is 1.24. The van der Waals surface area contributed by atoms with Crippen LogP contribution in [0.15, 0.2) is 0 Å². The number of likely N-dealkylation sites (N-methyl/N-ethyl adjacent to an activating group) is 1. The van der Waals surface area contributed by atoms with E-state index < -0.39 is 0 Å². The van der Waals surface area contributed by atoms with Crippen LogP contribution < -0.4 is 5.32 Å². The van der Waals surface area contributed by atoms with Crippen LogP contribution in [0.2, 0.25) is 0 Å². The molecule has 110 valence electrons. The maximum atomic E-state index is 3.55. The highest BCUT2D eigenvalue weighted by Gasteiger charge is 2.19. The zero-order valence-electron chi connectivity index (χ0n) is 13.7. The van der Waals surface area contributed by atoms with Gasteiger partial charge < -0.3 is 10.2 Å². The Balaban J connectivity index is 4.21. The fourth-order valence-corrected chi connectivity index (χ4v) is 2.09. The van der Waals surface area contributed by atoms with Crippen LogP contribution in [-0.2, 0) is 0 Å². The number of hydrogen-bond acceptors (Lipinski definition) is 3. The second-order valence-corrected chi connectivity index (χ2v) is 6.12. The van der Waals surface area contributed by atoms with Crippen molar-refractivity contribution in [2.45, 2.75) is 53.1 Å². The molecule has 2 atom stereocenters. The Morgan fingerprint density at radius 1 is 0.944 bits per heavy atom. The average Bonchev–Trinajstić information content (AvgIpc) is 2.30. The summed E-state index contributed by atoms with van der Waals surface area (Å²) in [5, 5.41) is 3.55. The predicted molar refractivity (Wildman–Crippen MR) is 82.2 cm³/mol. The molecule has 0 aliphatic carbocycles. The van der Waals surface area contributed by atoms with Crippen LogP contribution in [0.1, 0.15) is 41.0 Å². The number of hydrogen-bond donors (Lipinski definition) is 1. The highest BCUT2D eigenvalue weighted by atomic mass is 15.2. The van der Waals surface area contributed by atoms with Crippen LogP contribution in [0.5, 0.6) is 0 Å². The first kappa shape index (κ1) is 17.9. The summed E-state index contributed by atoms with van der Waals surface area (Å²) < 4.78 is 0. The highest BCUT2D eigenvalue weighted by molar-refractivity contribution is 4.75. The smallest absolute Gasteiger partial charge is 0.0112 e. The third kappa shape index (κ3) is 8.06. The SMILES string of the molecule is CCCN(CCN(C)C)C(C)C(C)CNC(C)C. The number of nitrogens with one attached hydrogen (secondary N) is 1. The quantitative estimate of drug-likeness (QED) is 0.648. The summed E-state index contributed by atoms with van der Waals surface area (Å²) in [6, 6.07) is 1.23. The highest BCUT2D eigenvalue weighted by Crippen LogP contribution is 2.11. The second kappa shape index (κ2) is 9.76. The molecule has 2 unspecified atom stereocenters. The summed E-state index contributed by atoms with van der Waals surface area (Å²) >= 11 is 0. The van der Waals surface area contributed by atoms with Crippen molar-refractivity contribution in [3.63, 3.8) is 0 Å². The van der Waals surface area contributed by atoms with Crippen molar-refractivity contribution in [2.24, 2.45) is 5.92 Å². The van der Waals surface area contributed by atoms with Crippen molar-refractivity contribution in [2.75, 3.05) is 40.3 Å². The van der Waals surface area contributed by atoms with Crippen molar-refractivity contribution < 1.29 is 0 Å². The summed E-state index contributed by atoms with van der Waals surface area (Å²) in [5.41, 5.74) is 0. The third-order valence-corrected chi connectivity index (χ3v) is 3.59. The third-order valence-electron chi connectivity index (χ3n) is 3.59. The number of rotatable bonds is 10. The molecule has 0 amide bonds. The van der Waals surface area contributed by atoms with Crippen LogP contribution in [0.3, 0.4) is 0 Å². The lowest BCUT2D eigenvalue weighted by molar-refractivity contribution is 0.146. The normalized spacial score (nSPS) is 15.7. The van der Waals surface area contributed by atoms with Gasteiger partial charge in [-0.1, -0.05) is 27.7 Å². The van der Waals surface area contributed by atoms with Crippen molar-refractivity contribution >= 4 is 0 Å². The topological polar surface area (TPSA) is 18.5 Å². The van der Waals surface area contributed by atoms with Crippen molar-refractivity contribution in [1.82, 2.24) is 15.1 Å². The minimum Gasteiger partial charge on any atom is -0.314 e. The lowest BCUT2D eigenvalue weighted by atomic mass is 10.0. The Morgan fingerprint density at radius 3 is 2.00 bits per heavy atom. The molecule has 0 aromatic carbocycles. The molecule has 0 heterocycles. The molecule has 0 aromatic rings. The standard InChI is InChI=1S/C15H35N3/c1-8-9-18(11-10-17(6)7)15(5)14(4)12-16-13(2)3/h13-16H,8-12H2,1-7H3. The molecule has 0 fully saturated rings. The summed E-state index contributed by atoms with van der Waals surface area (Å²) in [6.45, 7) is 16.1. The van der Waals surface area contributed by atoms with Crippen LogP contribution >= 0.6 is 0 Å². The van der Waals surface area contributed by atoms with Gasteiger partial charge in [0.2, 0.25) is 0 Å². The van der Waals surface area contributed by atoms with Gasteiger partial charge in [-0.3, -0.25) is 4.90 Å². The lowest BCUT2D eigenvalue weighted by Crippen LogP contribution is -2.45. The molecule has 0 aromatic heterocycles. The molecule has 0 aliphatic heterocycles. The zero-order valence-corrected chi connectivity index (χ0v) is 13.7. The Kier molecular flexibility index (Phi) is 9.70.